The van der Waals surface area contributed by atoms with Crippen molar-refractivity contribution in [1.29, 1.82) is 0 Å². The number of benzene rings is 3. The predicted octanol–water partition coefficient (Wildman–Crippen LogP) is 5.27. The average molecular weight is 600 g/mol. The summed E-state index contributed by atoms with van der Waals surface area (Å²) in [5.41, 5.74) is 3.39. The third-order valence-electron chi connectivity index (χ3n) is 9.53. The number of carbonyl (C=O) groups excluding carboxylic acids is 5. The van der Waals surface area contributed by atoms with Gasteiger partial charge in [0, 0.05) is 39.3 Å². The zero-order valence-electron chi connectivity index (χ0n) is 24.7. The van der Waals surface area contributed by atoms with Crippen molar-refractivity contribution in [1.82, 2.24) is 0 Å². The molecule has 1 aliphatic heterocycles. The van der Waals surface area contributed by atoms with Crippen LogP contribution in [0.25, 0.3) is 0 Å². The van der Waals surface area contributed by atoms with Crippen LogP contribution in [-0.2, 0) is 19.2 Å². The molecule has 0 bridgehead atoms. The summed E-state index contributed by atoms with van der Waals surface area (Å²) in [6, 6.07) is 20.0. The van der Waals surface area contributed by atoms with Crippen LogP contribution in [-0.4, -0.2) is 41.4 Å². The van der Waals surface area contributed by atoms with Crippen LogP contribution in [0.15, 0.2) is 107 Å². The second-order valence-corrected chi connectivity index (χ2v) is 11.9. The van der Waals surface area contributed by atoms with Crippen molar-refractivity contribution in [3.05, 3.63) is 124 Å². The molecular formula is C37H29NO7. The maximum Gasteiger partial charge on any atom is 0.238 e. The van der Waals surface area contributed by atoms with E-state index in [9.17, 15) is 29.1 Å². The van der Waals surface area contributed by atoms with Crippen molar-refractivity contribution in [3.8, 4) is 11.5 Å². The zero-order chi connectivity index (χ0) is 31.6. The van der Waals surface area contributed by atoms with E-state index in [0.717, 1.165) is 5.57 Å². The Bertz CT molecular complexity index is 1920. The number of phenols is 1. The Morgan fingerprint density at radius 2 is 1.60 bits per heavy atom. The topological polar surface area (TPSA) is 118 Å². The molecule has 4 atom stereocenters. The number of carbonyl (C=O) groups is 5. The largest absolute Gasteiger partial charge is 0.508 e. The van der Waals surface area contributed by atoms with Gasteiger partial charge >= 0.3 is 0 Å². The minimum Gasteiger partial charge on any atom is -0.508 e. The van der Waals surface area contributed by atoms with Crippen molar-refractivity contribution < 1.29 is 33.8 Å². The Balaban J connectivity index is 1.27. The minimum absolute atomic E-state index is 0.0654. The highest BCUT2D eigenvalue weighted by atomic mass is 16.5. The van der Waals surface area contributed by atoms with Gasteiger partial charge in [-0.05, 0) is 74.2 Å². The van der Waals surface area contributed by atoms with E-state index < -0.39 is 23.7 Å². The SMILES string of the molecule is COc1ccc(O)c(C2C3=CCC4C(=O)N(c5ccc(C(=O)c6ccccc6)cc5)C(=O)C4C3CC3=C2C(=O)C(C)=CC3=O)c1. The van der Waals surface area contributed by atoms with Gasteiger partial charge in [-0.1, -0.05) is 42.0 Å². The van der Waals surface area contributed by atoms with Crippen LogP contribution in [0.1, 0.15) is 47.2 Å². The lowest BCUT2D eigenvalue weighted by Gasteiger charge is -2.42. The van der Waals surface area contributed by atoms with Crippen molar-refractivity contribution in [3.63, 3.8) is 0 Å². The molecule has 0 spiro atoms. The van der Waals surface area contributed by atoms with Gasteiger partial charge in [-0.15, -0.1) is 0 Å². The van der Waals surface area contributed by atoms with E-state index in [1.165, 1.54) is 24.2 Å². The summed E-state index contributed by atoms with van der Waals surface area (Å²) in [6.45, 7) is 1.60. The summed E-state index contributed by atoms with van der Waals surface area (Å²) in [6.07, 6.45) is 3.63. The van der Waals surface area contributed by atoms with E-state index in [4.69, 9.17) is 4.74 Å². The summed E-state index contributed by atoms with van der Waals surface area (Å²) >= 11 is 0. The highest BCUT2D eigenvalue weighted by molar-refractivity contribution is 6.25. The molecule has 4 unspecified atom stereocenters. The Morgan fingerprint density at radius 1 is 0.889 bits per heavy atom. The number of aromatic hydroxyl groups is 1. The number of ether oxygens (including phenoxy) is 1. The first-order valence-electron chi connectivity index (χ1n) is 14.8. The van der Waals surface area contributed by atoms with Crippen molar-refractivity contribution in [2.24, 2.45) is 17.8 Å². The lowest BCUT2D eigenvalue weighted by Crippen LogP contribution is -2.39. The molecule has 0 radical (unpaired) electrons. The van der Waals surface area contributed by atoms with Crippen LogP contribution in [0.3, 0.4) is 0 Å². The van der Waals surface area contributed by atoms with Crippen molar-refractivity contribution in [2.75, 3.05) is 12.0 Å². The van der Waals surface area contributed by atoms with Gasteiger partial charge in [0.05, 0.1) is 24.6 Å². The molecule has 3 aromatic carbocycles. The molecule has 3 aromatic rings. The third-order valence-corrected chi connectivity index (χ3v) is 9.53. The molecule has 0 aromatic heterocycles. The number of nitrogens with zero attached hydrogens (tertiary/aromatic N) is 1. The van der Waals surface area contributed by atoms with Crippen molar-refractivity contribution in [2.45, 2.75) is 25.7 Å². The molecule has 1 saturated heterocycles. The number of Topliss-reactive ketones (excluding diaryl/α,β-unsaturated/α-hetero) is 1. The maximum absolute atomic E-state index is 14.2. The van der Waals surface area contributed by atoms with Gasteiger partial charge in [0.15, 0.2) is 17.3 Å². The summed E-state index contributed by atoms with van der Waals surface area (Å²) < 4.78 is 5.42. The summed E-state index contributed by atoms with van der Waals surface area (Å²) in [5, 5.41) is 11.0. The Hall–Kier alpha value is -5.37. The molecule has 3 aliphatic carbocycles. The quantitative estimate of drug-likeness (QED) is 0.184. The fourth-order valence-corrected chi connectivity index (χ4v) is 7.38. The number of hydrogen-bond acceptors (Lipinski definition) is 7. The smallest absolute Gasteiger partial charge is 0.238 e. The van der Waals surface area contributed by atoms with E-state index in [-0.39, 0.29) is 47.8 Å². The molecular weight excluding hydrogens is 570 g/mol. The van der Waals surface area contributed by atoms with Crippen LogP contribution >= 0.6 is 0 Å². The fourth-order valence-electron chi connectivity index (χ4n) is 7.38. The molecule has 0 saturated carbocycles. The van der Waals surface area contributed by atoms with Gasteiger partial charge in [-0.2, -0.15) is 0 Å². The monoisotopic (exact) mass is 599 g/mol. The first-order chi connectivity index (χ1) is 21.7. The van der Waals surface area contributed by atoms with Crippen LogP contribution in [0, 0.1) is 17.8 Å². The van der Waals surface area contributed by atoms with Gasteiger partial charge in [-0.3, -0.25) is 28.9 Å². The minimum atomic E-state index is -0.782. The Labute approximate surface area is 259 Å². The normalized spacial score (nSPS) is 24.1. The van der Waals surface area contributed by atoms with Crippen LogP contribution in [0.5, 0.6) is 11.5 Å². The number of phenolic OH excluding ortho intramolecular Hbond substituents is 1. The van der Waals surface area contributed by atoms with E-state index in [2.05, 4.69) is 0 Å². The lowest BCUT2D eigenvalue weighted by atomic mass is 9.59. The number of allylic oxidation sites excluding steroid dienone is 6. The first-order valence-corrected chi connectivity index (χ1v) is 14.8. The molecule has 7 rings (SSSR count). The molecule has 8 heteroatoms. The maximum atomic E-state index is 14.2. The highest BCUT2D eigenvalue weighted by Gasteiger charge is 2.56. The number of anilines is 1. The molecule has 1 N–H and O–H groups in total. The summed E-state index contributed by atoms with van der Waals surface area (Å²) in [7, 11) is 1.50. The average Bonchev–Trinajstić information content (AvgIpc) is 3.32. The molecule has 45 heavy (non-hydrogen) atoms. The van der Waals surface area contributed by atoms with E-state index in [1.807, 2.05) is 12.1 Å². The second-order valence-electron chi connectivity index (χ2n) is 11.9. The van der Waals surface area contributed by atoms with E-state index in [0.29, 0.717) is 44.8 Å². The summed E-state index contributed by atoms with van der Waals surface area (Å²) in [4.78, 5) is 69.1. The number of hydrogen-bond donors (Lipinski definition) is 1. The van der Waals surface area contributed by atoms with Gasteiger partial charge in [-0.25, -0.2) is 0 Å². The van der Waals surface area contributed by atoms with Gasteiger partial charge < -0.3 is 9.84 Å². The third kappa shape index (κ3) is 4.39. The lowest BCUT2D eigenvalue weighted by molar-refractivity contribution is -0.123. The Morgan fingerprint density at radius 3 is 2.31 bits per heavy atom. The van der Waals surface area contributed by atoms with Gasteiger partial charge in [0.1, 0.15) is 11.5 Å². The number of rotatable bonds is 5. The Kier molecular flexibility index (Phi) is 6.73. The standard InChI is InChI=1S/C37H29NO7/c1-19-16-30(40)28-18-26-24(31(33(28)34(19)41)27-17-23(45-2)12-15-29(27)39)13-14-25-32(26)37(44)38(36(25)43)22-10-8-21(9-11-22)35(42)20-6-4-3-5-7-20/h3-13,15-17,25-26,31-32,39H,14,18H2,1-2H3. The highest BCUT2D eigenvalue weighted by Crippen LogP contribution is 2.56. The molecule has 1 heterocycles. The van der Waals surface area contributed by atoms with Crippen LogP contribution in [0.2, 0.25) is 0 Å². The molecule has 8 nitrogen and oxygen atoms in total. The second kappa shape index (κ2) is 10.7. The molecule has 2 amide bonds. The predicted molar refractivity (Wildman–Crippen MR) is 165 cm³/mol. The number of ketones is 3. The van der Waals surface area contributed by atoms with E-state index in [1.54, 1.807) is 67.6 Å². The number of amides is 2. The van der Waals surface area contributed by atoms with Gasteiger partial charge in [0.25, 0.3) is 0 Å². The first kappa shape index (κ1) is 28.4. The number of imide groups is 1. The van der Waals surface area contributed by atoms with Crippen molar-refractivity contribution >= 4 is 34.9 Å². The molecule has 4 aliphatic rings. The van der Waals surface area contributed by atoms with Crippen LogP contribution in [0.4, 0.5) is 5.69 Å². The van der Waals surface area contributed by atoms with Gasteiger partial charge in [0.2, 0.25) is 11.8 Å². The molecule has 224 valence electrons. The zero-order valence-corrected chi connectivity index (χ0v) is 24.7. The number of fused-ring (bicyclic) bond motifs is 3. The number of methoxy groups -OCH3 is 1. The van der Waals surface area contributed by atoms with Crippen LogP contribution < -0.4 is 9.64 Å². The van der Waals surface area contributed by atoms with E-state index >= 15 is 0 Å². The summed E-state index contributed by atoms with van der Waals surface area (Å²) in [5.74, 6) is -3.81. The fraction of sp³-hybridized carbons (Fsp3) is 0.216. The molecule has 1 fully saturated rings.